The molecule has 5 nitrogen and oxygen atoms in total. The van der Waals surface area contributed by atoms with Gasteiger partial charge in [-0.1, -0.05) is 18.2 Å². The van der Waals surface area contributed by atoms with E-state index >= 15 is 0 Å². The first kappa shape index (κ1) is 18.6. The molecular formula is C19H24FN3O2. The number of benzene rings is 2. The fourth-order valence-electron chi connectivity index (χ4n) is 2.38. The maximum Gasteiger partial charge on any atom is 0.315 e. The lowest BCUT2D eigenvalue weighted by Gasteiger charge is -2.16. The van der Waals surface area contributed by atoms with Crippen molar-refractivity contribution in [1.82, 2.24) is 10.6 Å². The molecular weight excluding hydrogens is 321 g/mol. The Hall–Kier alpha value is -2.76. The molecule has 25 heavy (non-hydrogen) atoms. The van der Waals surface area contributed by atoms with Crippen LogP contribution in [0.3, 0.4) is 0 Å². The summed E-state index contributed by atoms with van der Waals surface area (Å²) in [7, 11) is 5.37. The van der Waals surface area contributed by atoms with E-state index in [1.807, 2.05) is 43.3 Å². The summed E-state index contributed by atoms with van der Waals surface area (Å²) in [6.07, 6.45) is 0. The van der Waals surface area contributed by atoms with Crippen LogP contribution in [0.4, 0.5) is 14.9 Å². The minimum absolute atomic E-state index is 0.182. The van der Waals surface area contributed by atoms with Crippen molar-refractivity contribution in [3.05, 3.63) is 59.4 Å². The zero-order valence-electron chi connectivity index (χ0n) is 15.0. The fourth-order valence-corrected chi connectivity index (χ4v) is 2.38. The van der Waals surface area contributed by atoms with Crippen molar-refractivity contribution in [2.75, 3.05) is 26.1 Å². The second-order valence-corrected chi connectivity index (χ2v) is 6.00. The fraction of sp³-hybridized carbons (Fsp3) is 0.316. The van der Waals surface area contributed by atoms with Crippen molar-refractivity contribution < 1.29 is 13.9 Å². The lowest BCUT2D eigenvalue weighted by atomic mass is 10.1. The van der Waals surface area contributed by atoms with E-state index in [2.05, 4.69) is 10.6 Å². The van der Waals surface area contributed by atoms with E-state index in [4.69, 9.17) is 4.74 Å². The molecule has 134 valence electrons. The molecule has 2 aromatic rings. The van der Waals surface area contributed by atoms with Gasteiger partial charge >= 0.3 is 6.03 Å². The minimum atomic E-state index is -0.449. The van der Waals surface area contributed by atoms with E-state index in [1.54, 1.807) is 19.1 Å². The van der Waals surface area contributed by atoms with Gasteiger partial charge in [-0.2, -0.15) is 0 Å². The largest absolute Gasteiger partial charge is 0.494 e. The van der Waals surface area contributed by atoms with Crippen LogP contribution in [0.2, 0.25) is 0 Å². The van der Waals surface area contributed by atoms with Crippen LogP contribution in [0.25, 0.3) is 0 Å². The van der Waals surface area contributed by atoms with Gasteiger partial charge in [0.2, 0.25) is 0 Å². The normalized spacial score (nSPS) is 11.6. The monoisotopic (exact) mass is 345 g/mol. The van der Waals surface area contributed by atoms with Crippen molar-refractivity contribution in [1.29, 1.82) is 0 Å². The number of nitrogens with zero attached hydrogens (tertiary/aromatic N) is 1. The summed E-state index contributed by atoms with van der Waals surface area (Å²) in [5, 5.41) is 5.60. The Morgan fingerprint density at radius 3 is 2.44 bits per heavy atom. The van der Waals surface area contributed by atoms with Crippen LogP contribution in [-0.2, 0) is 6.54 Å². The van der Waals surface area contributed by atoms with Crippen LogP contribution in [0.1, 0.15) is 24.1 Å². The second-order valence-electron chi connectivity index (χ2n) is 6.00. The summed E-state index contributed by atoms with van der Waals surface area (Å²) in [5.41, 5.74) is 2.77. The quantitative estimate of drug-likeness (QED) is 0.843. The Balaban J connectivity index is 1.88. The number of rotatable bonds is 6. The zero-order chi connectivity index (χ0) is 18.4. The van der Waals surface area contributed by atoms with Crippen LogP contribution < -0.4 is 20.3 Å². The molecule has 0 saturated carbocycles. The van der Waals surface area contributed by atoms with Crippen LogP contribution in [0, 0.1) is 5.82 Å². The highest BCUT2D eigenvalue weighted by Crippen LogP contribution is 2.21. The molecule has 0 aliphatic rings. The number of halogens is 1. The predicted molar refractivity (Wildman–Crippen MR) is 97.5 cm³/mol. The van der Waals surface area contributed by atoms with Gasteiger partial charge in [0, 0.05) is 26.3 Å². The summed E-state index contributed by atoms with van der Waals surface area (Å²) in [4.78, 5) is 14.0. The molecule has 0 aromatic heterocycles. The van der Waals surface area contributed by atoms with Crippen LogP contribution in [-0.4, -0.2) is 27.2 Å². The Morgan fingerprint density at radius 1 is 1.20 bits per heavy atom. The smallest absolute Gasteiger partial charge is 0.315 e. The topological polar surface area (TPSA) is 53.6 Å². The summed E-state index contributed by atoms with van der Waals surface area (Å²) >= 11 is 0. The first-order valence-electron chi connectivity index (χ1n) is 8.04. The number of anilines is 1. The van der Waals surface area contributed by atoms with Gasteiger partial charge in [-0.05, 0) is 42.3 Å². The molecule has 0 aliphatic carbocycles. The Bertz CT molecular complexity index is 717. The standard InChI is InChI=1S/C19H24FN3O2/c1-13(15-7-10-18(25-4)17(20)11-15)22-19(24)21-12-14-5-8-16(9-6-14)23(2)3/h5-11,13H,12H2,1-4H3,(H2,21,22,24). The Morgan fingerprint density at radius 2 is 1.88 bits per heavy atom. The first-order chi connectivity index (χ1) is 11.9. The van der Waals surface area contributed by atoms with Crippen molar-refractivity contribution in [2.45, 2.75) is 19.5 Å². The average molecular weight is 345 g/mol. The van der Waals surface area contributed by atoms with Gasteiger partial charge in [0.15, 0.2) is 11.6 Å². The first-order valence-corrected chi connectivity index (χ1v) is 8.04. The van der Waals surface area contributed by atoms with E-state index in [0.717, 1.165) is 11.3 Å². The maximum absolute atomic E-state index is 13.8. The number of carbonyl (C=O) groups excluding carboxylic acids is 1. The Kier molecular flexibility index (Phi) is 6.22. The minimum Gasteiger partial charge on any atom is -0.494 e. The Labute approximate surface area is 147 Å². The van der Waals surface area contributed by atoms with E-state index in [1.165, 1.54) is 13.2 Å². The summed E-state index contributed by atoms with van der Waals surface area (Å²) in [6, 6.07) is 12.0. The van der Waals surface area contributed by atoms with Gasteiger partial charge in [-0.25, -0.2) is 9.18 Å². The molecule has 0 fully saturated rings. The highest BCUT2D eigenvalue weighted by molar-refractivity contribution is 5.74. The highest BCUT2D eigenvalue weighted by Gasteiger charge is 2.12. The van der Waals surface area contributed by atoms with E-state index in [9.17, 15) is 9.18 Å². The number of ether oxygens (including phenoxy) is 1. The zero-order valence-corrected chi connectivity index (χ0v) is 15.0. The van der Waals surface area contributed by atoms with Crippen LogP contribution in [0.5, 0.6) is 5.75 Å². The van der Waals surface area contributed by atoms with Crippen molar-refractivity contribution in [3.63, 3.8) is 0 Å². The van der Waals surface area contributed by atoms with E-state index < -0.39 is 5.82 Å². The van der Waals surface area contributed by atoms with Gasteiger partial charge < -0.3 is 20.3 Å². The van der Waals surface area contributed by atoms with Crippen LogP contribution >= 0.6 is 0 Å². The number of methoxy groups -OCH3 is 1. The number of hydrogen-bond acceptors (Lipinski definition) is 3. The molecule has 0 aliphatic heterocycles. The molecule has 0 spiro atoms. The maximum atomic E-state index is 13.8. The second kappa shape index (κ2) is 8.37. The number of amides is 2. The molecule has 2 aromatic carbocycles. The van der Waals surface area contributed by atoms with Gasteiger partial charge in [-0.15, -0.1) is 0 Å². The molecule has 0 radical (unpaired) electrons. The van der Waals surface area contributed by atoms with Gasteiger partial charge in [0.05, 0.1) is 13.2 Å². The molecule has 2 rings (SSSR count). The number of carbonyl (C=O) groups is 1. The molecule has 1 unspecified atom stereocenters. The molecule has 6 heteroatoms. The molecule has 2 N–H and O–H groups in total. The summed E-state index contributed by atoms with van der Waals surface area (Å²) in [6.45, 7) is 2.22. The van der Waals surface area contributed by atoms with Gasteiger partial charge in [0.1, 0.15) is 0 Å². The number of nitrogens with one attached hydrogen (secondary N) is 2. The third-order valence-electron chi connectivity index (χ3n) is 3.93. The third-order valence-corrected chi connectivity index (χ3v) is 3.93. The lowest BCUT2D eigenvalue weighted by Crippen LogP contribution is -2.36. The summed E-state index contributed by atoms with van der Waals surface area (Å²) in [5.74, 6) is -0.267. The molecule has 0 bridgehead atoms. The van der Waals surface area contributed by atoms with Crippen molar-refractivity contribution in [3.8, 4) is 5.75 Å². The molecule has 1 atom stereocenters. The van der Waals surface area contributed by atoms with Gasteiger partial charge in [-0.3, -0.25) is 0 Å². The van der Waals surface area contributed by atoms with Gasteiger partial charge in [0.25, 0.3) is 0 Å². The number of hydrogen-bond donors (Lipinski definition) is 2. The summed E-state index contributed by atoms with van der Waals surface area (Å²) < 4.78 is 18.6. The highest BCUT2D eigenvalue weighted by atomic mass is 19.1. The van der Waals surface area contributed by atoms with Crippen molar-refractivity contribution in [2.24, 2.45) is 0 Å². The molecule has 2 amide bonds. The SMILES string of the molecule is COc1ccc(C(C)NC(=O)NCc2ccc(N(C)C)cc2)cc1F. The van der Waals surface area contributed by atoms with Crippen molar-refractivity contribution >= 4 is 11.7 Å². The molecule has 0 heterocycles. The van der Waals surface area contributed by atoms with Crippen LogP contribution in [0.15, 0.2) is 42.5 Å². The lowest BCUT2D eigenvalue weighted by molar-refractivity contribution is 0.237. The van der Waals surface area contributed by atoms with E-state index in [0.29, 0.717) is 12.1 Å². The predicted octanol–water partition coefficient (Wildman–Crippen LogP) is 3.46. The third kappa shape index (κ3) is 5.11. The molecule has 0 saturated heterocycles. The average Bonchev–Trinajstić information content (AvgIpc) is 2.60. The number of urea groups is 1. The van der Waals surface area contributed by atoms with E-state index in [-0.39, 0.29) is 17.8 Å².